The Hall–Kier alpha value is -1.55. The van der Waals surface area contributed by atoms with Crippen molar-refractivity contribution in [2.75, 3.05) is 6.61 Å². The van der Waals surface area contributed by atoms with Gasteiger partial charge in [0.15, 0.2) is 6.29 Å². The van der Waals surface area contributed by atoms with Crippen LogP contribution in [0.2, 0.25) is 0 Å². The molecule has 0 bridgehead atoms. The molecule has 1 aromatic heterocycles. The summed E-state index contributed by atoms with van der Waals surface area (Å²) < 4.78 is 16.9. The lowest BCUT2D eigenvalue weighted by Crippen LogP contribution is -2.60. The van der Waals surface area contributed by atoms with Gasteiger partial charge in [0.05, 0.1) is 30.6 Å². The van der Waals surface area contributed by atoms with Gasteiger partial charge in [-0.25, -0.2) is 4.79 Å². The molecule has 1 saturated heterocycles. The Bertz CT molecular complexity index is 1100. The van der Waals surface area contributed by atoms with E-state index in [9.17, 15) is 20.1 Å². The molecule has 4 unspecified atom stereocenters. The minimum absolute atomic E-state index is 0.00533. The van der Waals surface area contributed by atoms with Crippen molar-refractivity contribution in [3.05, 3.63) is 46.0 Å². The van der Waals surface area contributed by atoms with E-state index in [0.29, 0.717) is 5.92 Å². The van der Waals surface area contributed by atoms with Gasteiger partial charge in [0.25, 0.3) is 0 Å². The number of rotatable bonds is 3. The Morgan fingerprint density at radius 1 is 1.03 bits per heavy atom. The zero-order chi connectivity index (χ0) is 26.2. The van der Waals surface area contributed by atoms with E-state index in [-0.39, 0.29) is 41.0 Å². The predicted molar refractivity (Wildman–Crippen MR) is 135 cm³/mol. The largest absolute Gasteiger partial charge is 0.431 e. The summed E-state index contributed by atoms with van der Waals surface area (Å²) in [5.41, 5.74) is 6.88. The molecule has 0 aromatic carbocycles. The molecule has 3 saturated carbocycles. The van der Waals surface area contributed by atoms with Gasteiger partial charge in [0, 0.05) is 11.5 Å². The van der Waals surface area contributed by atoms with Gasteiger partial charge in [-0.2, -0.15) is 0 Å². The smallest absolute Gasteiger partial charge is 0.335 e. The average Bonchev–Trinajstić information content (AvgIpc) is 3.16. The van der Waals surface area contributed by atoms with Crippen LogP contribution in [0.5, 0.6) is 0 Å². The molecule has 8 nitrogen and oxygen atoms in total. The number of ether oxygens (including phenoxy) is 2. The molecule has 5 aliphatic rings. The molecule has 0 amide bonds. The van der Waals surface area contributed by atoms with Crippen molar-refractivity contribution in [3.63, 3.8) is 0 Å². The fourth-order valence-electron chi connectivity index (χ4n) is 8.98. The van der Waals surface area contributed by atoms with E-state index in [1.54, 1.807) is 6.26 Å². The highest BCUT2D eigenvalue weighted by atomic mass is 16.7. The average molecular weight is 516 g/mol. The summed E-state index contributed by atoms with van der Waals surface area (Å²) in [6, 6.07) is 2.76. The monoisotopic (exact) mass is 515 g/mol. The minimum Gasteiger partial charge on any atom is -0.431 e. The third-order valence-electron chi connectivity index (χ3n) is 11.2. The minimum atomic E-state index is -1.16. The summed E-state index contributed by atoms with van der Waals surface area (Å²) in [5, 5.41) is 32.9. The van der Waals surface area contributed by atoms with Crippen molar-refractivity contribution < 1.29 is 29.2 Å². The normalized spacial score (nSPS) is 49.5. The van der Waals surface area contributed by atoms with Gasteiger partial charge >= 0.3 is 5.63 Å². The van der Waals surface area contributed by atoms with Crippen LogP contribution in [0.3, 0.4) is 0 Å². The van der Waals surface area contributed by atoms with Crippen molar-refractivity contribution >= 4 is 0 Å². The van der Waals surface area contributed by atoms with Gasteiger partial charge in [-0.05, 0) is 86.2 Å². The fourth-order valence-corrected chi connectivity index (χ4v) is 8.98. The topological polar surface area (TPSA) is 135 Å². The molecule has 0 spiro atoms. The number of aliphatic hydroxyl groups excluding tert-OH is 2. The van der Waals surface area contributed by atoms with Crippen molar-refractivity contribution in [1.82, 2.24) is 0 Å². The summed E-state index contributed by atoms with van der Waals surface area (Å²) in [7, 11) is 0. The van der Waals surface area contributed by atoms with Crippen molar-refractivity contribution in [2.45, 2.75) is 107 Å². The molecule has 5 N–H and O–H groups in total. The van der Waals surface area contributed by atoms with Crippen LogP contribution >= 0.6 is 0 Å². The van der Waals surface area contributed by atoms with Crippen LogP contribution in [-0.2, 0) is 9.47 Å². The summed E-state index contributed by atoms with van der Waals surface area (Å²) in [5.74, 6) is 0.809. The van der Waals surface area contributed by atoms with E-state index >= 15 is 0 Å². The highest BCUT2D eigenvalue weighted by Gasteiger charge is 2.66. The van der Waals surface area contributed by atoms with E-state index in [0.717, 1.165) is 56.9 Å². The van der Waals surface area contributed by atoms with Crippen LogP contribution < -0.4 is 11.4 Å². The number of hydrogen-bond acceptors (Lipinski definition) is 8. The Balaban J connectivity index is 1.21. The maximum absolute atomic E-state index is 12.4. The Kier molecular flexibility index (Phi) is 6.25. The molecule has 4 aliphatic carbocycles. The third kappa shape index (κ3) is 3.82. The molecule has 1 aliphatic heterocycles. The standard InChI is InChI=1S/C29H41NO7/c1-27-10-7-18(37-26-25(33)24(32)22(30)15-36-26)13-17(27)4-5-21-20(27)8-11-28(2)19(9-12-29(21,28)34)16-3-6-23(31)35-14-16/h3,6,13-14,18-22,24-26,32-34H,4-5,7-12,15,30H2,1-2H3/t18-,19+,20?,21?,22-,24-,25-,26?,27-,28?,29-/m0/s1. The first kappa shape index (κ1) is 25.7. The lowest BCUT2D eigenvalue weighted by Gasteiger charge is -2.62. The molecule has 4 fully saturated rings. The molecular weight excluding hydrogens is 474 g/mol. The number of hydrogen-bond donors (Lipinski definition) is 4. The van der Waals surface area contributed by atoms with E-state index in [1.807, 2.05) is 6.07 Å². The van der Waals surface area contributed by atoms with Gasteiger partial charge < -0.3 is 34.9 Å². The van der Waals surface area contributed by atoms with E-state index < -0.39 is 30.1 Å². The zero-order valence-electron chi connectivity index (χ0n) is 21.8. The van der Waals surface area contributed by atoms with Gasteiger partial charge in [-0.1, -0.05) is 25.5 Å². The molecule has 2 heterocycles. The van der Waals surface area contributed by atoms with Crippen LogP contribution in [0.15, 0.2) is 39.3 Å². The quantitative estimate of drug-likeness (QED) is 0.451. The van der Waals surface area contributed by atoms with E-state index in [1.165, 1.54) is 11.6 Å². The molecule has 6 rings (SSSR count). The second-order valence-corrected chi connectivity index (χ2v) is 12.8. The summed E-state index contributed by atoms with van der Waals surface area (Å²) >= 11 is 0. The molecule has 8 heteroatoms. The number of nitrogens with two attached hydrogens (primary N) is 1. The number of allylic oxidation sites excluding steroid dienone is 1. The number of aliphatic hydroxyl groups is 3. The van der Waals surface area contributed by atoms with Crippen molar-refractivity contribution in [2.24, 2.45) is 28.4 Å². The van der Waals surface area contributed by atoms with Crippen LogP contribution in [0.25, 0.3) is 0 Å². The molecule has 11 atom stereocenters. The third-order valence-corrected chi connectivity index (χ3v) is 11.2. The van der Waals surface area contributed by atoms with Gasteiger partial charge in [0.1, 0.15) is 12.2 Å². The Morgan fingerprint density at radius 2 is 1.84 bits per heavy atom. The van der Waals surface area contributed by atoms with Crippen LogP contribution in [-0.4, -0.2) is 58.2 Å². The predicted octanol–water partition coefficient (Wildman–Crippen LogP) is 2.59. The highest BCUT2D eigenvalue weighted by Crippen LogP contribution is 2.70. The van der Waals surface area contributed by atoms with Gasteiger partial charge in [0.2, 0.25) is 0 Å². The molecule has 1 aromatic rings. The second-order valence-electron chi connectivity index (χ2n) is 12.8. The van der Waals surface area contributed by atoms with Crippen LogP contribution in [0.4, 0.5) is 0 Å². The van der Waals surface area contributed by atoms with Crippen LogP contribution in [0.1, 0.15) is 76.7 Å². The summed E-state index contributed by atoms with van der Waals surface area (Å²) in [6.07, 6.45) is 7.83. The first-order valence-electron chi connectivity index (χ1n) is 14.0. The summed E-state index contributed by atoms with van der Waals surface area (Å²) in [6.45, 7) is 4.77. The van der Waals surface area contributed by atoms with Crippen molar-refractivity contribution in [1.29, 1.82) is 0 Å². The van der Waals surface area contributed by atoms with E-state index in [2.05, 4.69) is 19.9 Å². The Labute approximate surface area is 217 Å². The first-order chi connectivity index (χ1) is 17.6. The molecule has 37 heavy (non-hydrogen) atoms. The first-order valence-corrected chi connectivity index (χ1v) is 14.0. The van der Waals surface area contributed by atoms with Gasteiger partial charge in [-0.3, -0.25) is 0 Å². The van der Waals surface area contributed by atoms with E-state index in [4.69, 9.17) is 19.6 Å². The fraction of sp³-hybridized carbons (Fsp3) is 0.759. The lowest BCUT2D eigenvalue weighted by molar-refractivity contribution is -0.259. The van der Waals surface area contributed by atoms with Crippen LogP contribution in [0, 0.1) is 22.7 Å². The SMILES string of the molecule is CC12CCC3C(CCC4=C[C@@H](OC5OC[C@H](N)[C@H](O)[C@@H]5O)CC[C@@]43C)[C@@]1(O)CC[C@@H]2c1ccc(=O)oc1. The maximum atomic E-state index is 12.4. The maximum Gasteiger partial charge on any atom is 0.335 e. The highest BCUT2D eigenvalue weighted by molar-refractivity contribution is 5.31. The molecule has 0 radical (unpaired) electrons. The lowest BCUT2D eigenvalue weighted by atomic mass is 9.45. The zero-order valence-corrected chi connectivity index (χ0v) is 21.8. The molecular formula is C29H41NO7. The van der Waals surface area contributed by atoms with Gasteiger partial charge in [-0.15, -0.1) is 0 Å². The number of fused-ring (bicyclic) bond motifs is 5. The Morgan fingerprint density at radius 3 is 2.59 bits per heavy atom. The van der Waals surface area contributed by atoms with Crippen molar-refractivity contribution in [3.8, 4) is 0 Å². The second kappa shape index (κ2) is 9.00. The summed E-state index contributed by atoms with van der Waals surface area (Å²) in [4.78, 5) is 11.5. The molecule has 204 valence electrons.